The van der Waals surface area contributed by atoms with Crippen LogP contribution in [0.2, 0.25) is 5.02 Å². The Bertz CT molecular complexity index is 499. The van der Waals surface area contributed by atoms with Gasteiger partial charge < -0.3 is 10.1 Å². The van der Waals surface area contributed by atoms with Gasteiger partial charge in [0.2, 0.25) is 0 Å². The monoisotopic (exact) mass is 285 g/mol. The van der Waals surface area contributed by atoms with Gasteiger partial charge in [-0.15, -0.1) is 0 Å². The second kappa shape index (κ2) is 5.88. The first kappa shape index (κ1) is 14.3. The highest BCUT2D eigenvalue weighted by Gasteiger charge is 2.28. The zero-order chi connectivity index (χ0) is 14.0. The summed E-state index contributed by atoms with van der Waals surface area (Å²) in [6.45, 7) is 5.14. The molecule has 0 spiro atoms. The molecule has 104 valence electrons. The molecule has 0 amide bonds. The molecule has 1 aromatic carbocycles. The Morgan fingerprint density at radius 1 is 1.63 bits per heavy atom. The van der Waals surface area contributed by atoms with Gasteiger partial charge in [-0.2, -0.15) is 0 Å². The minimum atomic E-state index is -0.469. The number of ether oxygens (including phenoxy) is 1. The van der Waals surface area contributed by atoms with Crippen molar-refractivity contribution in [3.05, 3.63) is 28.0 Å². The Balaban J connectivity index is 2.62. The number of Topliss-reactive ketones (excluding diaryl/α,β-unsaturated/α-hetero) is 1. The van der Waals surface area contributed by atoms with Crippen LogP contribution >= 0.6 is 11.6 Å². The summed E-state index contributed by atoms with van der Waals surface area (Å²) in [5, 5.41) is 3.17. The minimum Gasteiger partial charge on any atom is -0.493 e. The van der Waals surface area contributed by atoms with E-state index >= 15 is 0 Å². The number of nitrogens with one attached hydrogen (secondary N) is 1. The van der Waals surface area contributed by atoms with Crippen LogP contribution in [0, 0.1) is 5.82 Å². The van der Waals surface area contributed by atoms with Crippen LogP contribution in [0.1, 0.15) is 42.1 Å². The molecule has 0 bridgehead atoms. The number of hydrogen-bond donors (Lipinski definition) is 1. The Morgan fingerprint density at radius 3 is 2.89 bits per heavy atom. The molecule has 1 N–H and O–H groups in total. The van der Waals surface area contributed by atoms with E-state index in [1.54, 1.807) is 0 Å². The molecule has 1 saturated heterocycles. The number of carbonyl (C=O) groups excluding carboxylic acids is 1. The fourth-order valence-corrected chi connectivity index (χ4v) is 2.67. The number of benzene rings is 1. The molecule has 1 unspecified atom stereocenters. The van der Waals surface area contributed by atoms with Gasteiger partial charge in [-0.3, -0.25) is 4.79 Å². The largest absolute Gasteiger partial charge is 0.493 e. The van der Waals surface area contributed by atoms with Gasteiger partial charge >= 0.3 is 0 Å². The number of ketones is 1. The van der Waals surface area contributed by atoms with Gasteiger partial charge in [0, 0.05) is 18.0 Å². The maximum atomic E-state index is 14.3. The van der Waals surface area contributed by atoms with Crippen LogP contribution < -0.4 is 10.1 Å². The van der Waals surface area contributed by atoms with E-state index in [1.807, 2.05) is 6.92 Å². The third-order valence-electron chi connectivity index (χ3n) is 3.34. The van der Waals surface area contributed by atoms with Crippen molar-refractivity contribution in [1.82, 2.24) is 5.32 Å². The van der Waals surface area contributed by atoms with Crippen molar-refractivity contribution in [1.29, 1.82) is 0 Å². The Labute approximate surface area is 117 Å². The lowest BCUT2D eigenvalue weighted by Crippen LogP contribution is -2.13. The molecule has 3 nitrogen and oxygen atoms in total. The van der Waals surface area contributed by atoms with E-state index in [0.29, 0.717) is 30.0 Å². The second-order valence-electron chi connectivity index (χ2n) is 4.64. The van der Waals surface area contributed by atoms with Crippen molar-refractivity contribution in [3.63, 3.8) is 0 Å². The first-order chi connectivity index (χ1) is 9.06. The second-order valence-corrected chi connectivity index (χ2v) is 5.05. The quantitative estimate of drug-likeness (QED) is 0.864. The number of carbonyl (C=O) groups is 1. The highest BCUT2D eigenvalue weighted by Crippen LogP contribution is 2.39. The molecule has 0 aromatic heterocycles. The average molecular weight is 286 g/mol. The summed E-state index contributed by atoms with van der Waals surface area (Å²) >= 11 is 5.91. The van der Waals surface area contributed by atoms with Gasteiger partial charge in [-0.05, 0) is 32.9 Å². The molecule has 0 radical (unpaired) electrons. The van der Waals surface area contributed by atoms with Crippen molar-refractivity contribution in [2.24, 2.45) is 0 Å². The van der Waals surface area contributed by atoms with Crippen LogP contribution in [0.5, 0.6) is 5.75 Å². The lowest BCUT2D eigenvalue weighted by Gasteiger charge is -2.19. The van der Waals surface area contributed by atoms with Crippen molar-refractivity contribution >= 4 is 17.4 Å². The SMILES string of the molecule is CCOc1c(C(C)=O)cc(Cl)c(F)c1C1CCNC1. The molecule has 0 saturated carbocycles. The zero-order valence-electron chi connectivity index (χ0n) is 11.1. The van der Waals surface area contributed by atoms with Crippen molar-refractivity contribution < 1.29 is 13.9 Å². The van der Waals surface area contributed by atoms with E-state index in [4.69, 9.17) is 16.3 Å². The van der Waals surface area contributed by atoms with Crippen LogP contribution in [-0.2, 0) is 0 Å². The van der Waals surface area contributed by atoms with Crippen molar-refractivity contribution in [3.8, 4) is 5.75 Å². The summed E-state index contributed by atoms with van der Waals surface area (Å²) in [5.74, 6) is -0.287. The summed E-state index contributed by atoms with van der Waals surface area (Å²) in [6, 6.07) is 1.36. The Kier molecular flexibility index (Phi) is 4.42. The van der Waals surface area contributed by atoms with E-state index in [9.17, 15) is 9.18 Å². The van der Waals surface area contributed by atoms with E-state index in [1.165, 1.54) is 13.0 Å². The molecule has 1 aliphatic heterocycles. The minimum absolute atomic E-state index is 0.00153. The molecule has 1 fully saturated rings. The highest BCUT2D eigenvalue weighted by atomic mass is 35.5. The third kappa shape index (κ3) is 2.74. The van der Waals surface area contributed by atoms with Gasteiger partial charge in [0.15, 0.2) is 5.78 Å². The van der Waals surface area contributed by atoms with Gasteiger partial charge in [-0.25, -0.2) is 4.39 Å². The zero-order valence-corrected chi connectivity index (χ0v) is 11.8. The summed E-state index contributed by atoms with van der Waals surface area (Å²) in [6.07, 6.45) is 0.814. The molecule has 1 aliphatic rings. The molecule has 1 heterocycles. The first-order valence-corrected chi connectivity index (χ1v) is 6.80. The molecule has 0 aliphatic carbocycles. The molecule has 2 rings (SSSR count). The topological polar surface area (TPSA) is 38.3 Å². The molecular weight excluding hydrogens is 269 g/mol. The summed E-state index contributed by atoms with van der Waals surface area (Å²) in [7, 11) is 0. The summed E-state index contributed by atoms with van der Waals surface area (Å²) in [4.78, 5) is 11.7. The van der Waals surface area contributed by atoms with E-state index < -0.39 is 5.82 Å². The molecule has 19 heavy (non-hydrogen) atoms. The maximum absolute atomic E-state index is 14.3. The Morgan fingerprint density at radius 2 is 2.37 bits per heavy atom. The Hall–Kier alpha value is -1.13. The normalized spacial score (nSPS) is 18.6. The number of halogens is 2. The van der Waals surface area contributed by atoms with Crippen LogP contribution in [-0.4, -0.2) is 25.5 Å². The standard InChI is InChI=1S/C14H17ClFNO2/c1-3-19-14-10(8(2)18)6-11(15)13(16)12(14)9-4-5-17-7-9/h6,9,17H,3-5,7H2,1-2H3. The predicted octanol–water partition coefficient (Wildman–Crippen LogP) is 3.16. The fraction of sp³-hybridized carbons (Fsp3) is 0.500. The van der Waals surface area contributed by atoms with Gasteiger partial charge in [0.1, 0.15) is 11.6 Å². The molecular formula is C14H17ClFNO2. The van der Waals surface area contributed by atoms with Gasteiger partial charge in [0.25, 0.3) is 0 Å². The molecule has 1 aromatic rings. The van der Waals surface area contributed by atoms with E-state index in [-0.39, 0.29) is 16.7 Å². The number of hydrogen-bond acceptors (Lipinski definition) is 3. The van der Waals surface area contributed by atoms with Crippen LogP contribution in [0.25, 0.3) is 0 Å². The van der Waals surface area contributed by atoms with E-state index in [0.717, 1.165) is 13.0 Å². The number of rotatable bonds is 4. The van der Waals surface area contributed by atoms with Crippen molar-refractivity contribution in [2.45, 2.75) is 26.2 Å². The first-order valence-electron chi connectivity index (χ1n) is 6.42. The van der Waals surface area contributed by atoms with E-state index in [2.05, 4.69) is 5.32 Å². The summed E-state index contributed by atoms with van der Waals surface area (Å²) in [5.41, 5.74) is 0.791. The fourth-order valence-electron chi connectivity index (χ4n) is 2.46. The predicted molar refractivity (Wildman–Crippen MR) is 72.8 cm³/mol. The average Bonchev–Trinajstić information content (AvgIpc) is 2.87. The van der Waals surface area contributed by atoms with Crippen LogP contribution in [0.3, 0.4) is 0 Å². The smallest absolute Gasteiger partial charge is 0.163 e. The molecule has 5 heteroatoms. The van der Waals surface area contributed by atoms with Crippen molar-refractivity contribution in [2.75, 3.05) is 19.7 Å². The van der Waals surface area contributed by atoms with Crippen LogP contribution in [0.4, 0.5) is 4.39 Å². The lowest BCUT2D eigenvalue weighted by atomic mass is 9.93. The van der Waals surface area contributed by atoms with Gasteiger partial charge in [-0.1, -0.05) is 11.6 Å². The highest BCUT2D eigenvalue weighted by molar-refractivity contribution is 6.31. The third-order valence-corrected chi connectivity index (χ3v) is 3.62. The lowest BCUT2D eigenvalue weighted by molar-refractivity contribution is 0.101. The van der Waals surface area contributed by atoms with Crippen LogP contribution in [0.15, 0.2) is 6.07 Å². The summed E-state index contributed by atoms with van der Waals surface area (Å²) < 4.78 is 19.9. The van der Waals surface area contributed by atoms with Gasteiger partial charge in [0.05, 0.1) is 17.2 Å². The maximum Gasteiger partial charge on any atom is 0.163 e. The molecule has 1 atom stereocenters.